The molecular weight excluding hydrogens is 312 g/mol. The van der Waals surface area contributed by atoms with Crippen LogP contribution in [0.5, 0.6) is 0 Å². The molecule has 1 aromatic rings. The third kappa shape index (κ3) is 3.29. The fourth-order valence-electron chi connectivity index (χ4n) is 4.65. The smallest absolute Gasteiger partial charge is 0.244 e. The number of hydrogen-bond donors (Lipinski definition) is 0. The SMILES string of the molecule is N#Cc1ccc(N2CC[C@H](N3CCC[C@H](N4CCCC4)C3)C2=O)cc1. The largest absolute Gasteiger partial charge is 0.311 e. The van der Waals surface area contributed by atoms with Gasteiger partial charge in [0.1, 0.15) is 0 Å². The standard InChI is InChI=1S/C20H26N4O/c21-14-16-5-7-17(8-6-16)24-13-9-19(20(24)25)23-12-3-4-18(15-23)22-10-1-2-11-22/h5-8,18-19H,1-4,9-13,15H2/t18-,19-/m0/s1. The Hall–Kier alpha value is -1.90. The van der Waals surface area contributed by atoms with Gasteiger partial charge in [-0.25, -0.2) is 0 Å². The van der Waals surface area contributed by atoms with Gasteiger partial charge in [0.2, 0.25) is 5.91 Å². The predicted octanol–water partition coefficient (Wildman–Crippen LogP) is 2.22. The number of anilines is 1. The van der Waals surface area contributed by atoms with Crippen molar-refractivity contribution in [3.63, 3.8) is 0 Å². The Bertz CT molecular complexity index is 659. The number of carbonyl (C=O) groups is 1. The lowest BCUT2D eigenvalue weighted by molar-refractivity contribution is -0.122. The first-order valence-corrected chi connectivity index (χ1v) is 9.56. The van der Waals surface area contributed by atoms with Gasteiger partial charge in [-0.15, -0.1) is 0 Å². The summed E-state index contributed by atoms with van der Waals surface area (Å²) in [5.41, 5.74) is 1.55. The third-order valence-corrected chi connectivity index (χ3v) is 6.01. The van der Waals surface area contributed by atoms with Crippen molar-refractivity contribution in [1.82, 2.24) is 9.80 Å². The van der Waals surface area contributed by atoms with Gasteiger partial charge < -0.3 is 4.90 Å². The molecule has 3 saturated heterocycles. The van der Waals surface area contributed by atoms with Crippen LogP contribution in [-0.4, -0.2) is 60.5 Å². The van der Waals surface area contributed by atoms with E-state index in [2.05, 4.69) is 15.9 Å². The molecule has 0 unspecified atom stereocenters. The van der Waals surface area contributed by atoms with Crippen LogP contribution in [0.2, 0.25) is 0 Å². The molecule has 5 nitrogen and oxygen atoms in total. The van der Waals surface area contributed by atoms with Crippen molar-refractivity contribution >= 4 is 11.6 Å². The molecule has 0 spiro atoms. The van der Waals surface area contributed by atoms with E-state index in [9.17, 15) is 4.79 Å². The number of hydrogen-bond acceptors (Lipinski definition) is 4. The summed E-state index contributed by atoms with van der Waals surface area (Å²) in [5.74, 6) is 0.228. The highest BCUT2D eigenvalue weighted by Gasteiger charge is 2.39. The lowest BCUT2D eigenvalue weighted by atomic mass is 10.0. The molecule has 3 aliphatic rings. The summed E-state index contributed by atoms with van der Waals surface area (Å²) in [5, 5.41) is 8.93. The first kappa shape index (κ1) is 16.6. The first-order chi connectivity index (χ1) is 12.3. The molecule has 0 bridgehead atoms. The van der Waals surface area contributed by atoms with Crippen molar-refractivity contribution in [3.05, 3.63) is 29.8 Å². The highest BCUT2D eigenvalue weighted by atomic mass is 16.2. The van der Waals surface area contributed by atoms with Crippen molar-refractivity contribution in [1.29, 1.82) is 5.26 Å². The molecule has 0 aromatic heterocycles. The second-order valence-corrected chi connectivity index (χ2v) is 7.49. The third-order valence-electron chi connectivity index (χ3n) is 6.01. The van der Waals surface area contributed by atoms with E-state index in [-0.39, 0.29) is 11.9 Å². The van der Waals surface area contributed by atoms with Crippen LogP contribution in [0, 0.1) is 11.3 Å². The van der Waals surface area contributed by atoms with Crippen LogP contribution in [-0.2, 0) is 4.79 Å². The monoisotopic (exact) mass is 338 g/mol. The lowest BCUT2D eigenvalue weighted by Gasteiger charge is -2.39. The second kappa shape index (κ2) is 7.15. The Morgan fingerprint density at radius 3 is 2.36 bits per heavy atom. The van der Waals surface area contributed by atoms with Crippen molar-refractivity contribution < 1.29 is 4.79 Å². The summed E-state index contributed by atoms with van der Waals surface area (Å²) < 4.78 is 0. The Kier molecular flexibility index (Phi) is 4.74. The quantitative estimate of drug-likeness (QED) is 0.848. The van der Waals surface area contributed by atoms with Crippen LogP contribution >= 0.6 is 0 Å². The topological polar surface area (TPSA) is 50.6 Å². The zero-order chi connectivity index (χ0) is 17.2. The van der Waals surface area contributed by atoms with Gasteiger partial charge in [0.05, 0.1) is 17.7 Å². The molecule has 2 atom stereocenters. The average molecular weight is 338 g/mol. The fraction of sp³-hybridized carbons (Fsp3) is 0.600. The minimum atomic E-state index is 0.0287. The van der Waals surface area contributed by atoms with Crippen LogP contribution in [0.4, 0.5) is 5.69 Å². The normalized spacial score (nSPS) is 28.4. The molecule has 3 heterocycles. The molecule has 0 N–H and O–H groups in total. The summed E-state index contributed by atoms with van der Waals surface area (Å²) >= 11 is 0. The van der Waals surface area contributed by atoms with Gasteiger partial charge in [-0.2, -0.15) is 5.26 Å². The van der Waals surface area contributed by atoms with E-state index in [0.717, 1.165) is 31.7 Å². The summed E-state index contributed by atoms with van der Waals surface area (Å²) in [6.07, 6.45) is 6.03. The second-order valence-electron chi connectivity index (χ2n) is 7.49. The van der Waals surface area contributed by atoms with E-state index in [4.69, 9.17) is 5.26 Å². The van der Waals surface area contributed by atoms with E-state index in [0.29, 0.717) is 11.6 Å². The van der Waals surface area contributed by atoms with E-state index >= 15 is 0 Å². The molecule has 4 rings (SSSR count). The molecule has 1 amide bonds. The molecule has 0 aliphatic carbocycles. The van der Waals surface area contributed by atoms with E-state index in [1.165, 1.54) is 38.8 Å². The predicted molar refractivity (Wildman–Crippen MR) is 97.3 cm³/mol. The van der Waals surface area contributed by atoms with E-state index in [1.807, 2.05) is 17.0 Å². The number of rotatable bonds is 3. The highest BCUT2D eigenvalue weighted by molar-refractivity contribution is 5.99. The van der Waals surface area contributed by atoms with Crippen LogP contribution in [0.1, 0.15) is 37.7 Å². The minimum Gasteiger partial charge on any atom is -0.311 e. The molecule has 5 heteroatoms. The minimum absolute atomic E-state index is 0.0287. The molecule has 1 aromatic carbocycles. The van der Waals surface area contributed by atoms with Crippen LogP contribution in [0.3, 0.4) is 0 Å². The van der Waals surface area contributed by atoms with Gasteiger partial charge in [-0.3, -0.25) is 14.6 Å². The Labute approximate surface area is 149 Å². The molecular formula is C20H26N4O. The van der Waals surface area contributed by atoms with Gasteiger partial charge >= 0.3 is 0 Å². The Morgan fingerprint density at radius 1 is 0.920 bits per heavy atom. The zero-order valence-corrected chi connectivity index (χ0v) is 14.7. The average Bonchev–Trinajstić information content (AvgIpc) is 3.32. The van der Waals surface area contributed by atoms with Crippen molar-refractivity contribution in [2.45, 2.75) is 44.2 Å². The van der Waals surface area contributed by atoms with Gasteiger partial charge in [0, 0.05) is 24.8 Å². The maximum atomic E-state index is 13.0. The Balaban J connectivity index is 1.42. The summed E-state index contributed by atoms with van der Waals surface area (Å²) in [6.45, 7) is 5.32. The van der Waals surface area contributed by atoms with Crippen LogP contribution in [0.25, 0.3) is 0 Å². The fourth-order valence-corrected chi connectivity index (χ4v) is 4.65. The van der Waals surface area contributed by atoms with Crippen LogP contribution < -0.4 is 4.90 Å². The Morgan fingerprint density at radius 2 is 1.64 bits per heavy atom. The number of likely N-dealkylation sites (tertiary alicyclic amines) is 2. The molecule has 3 aliphatic heterocycles. The molecule has 25 heavy (non-hydrogen) atoms. The lowest BCUT2D eigenvalue weighted by Crippen LogP contribution is -2.52. The number of carbonyl (C=O) groups excluding carboxylic acids is 1. The number of nitriles is 1. The van der Waals surface area contributed by atoms with Gasteiger partial charge in [-0.05, 0) is 76.0 Å². The number of piperidine rings is 1. The van der Waals surface area contributed by atoms with Crippen molar-refractivity contribution in [2.75, 3.05) is 37.6 Å². The molecule has 0 radical (unpaired) electrons. The van der Waals surface area contributed by atoms with Crippen LogP contribution in [0.15, 0.2) is 24.3 Å². The van der Waals surface area contributed by atoms with E-state index < -0.39 is 0 Å². The zero-order valence-electron chi connectivity index (χ0n) is 14.7. The number of benzene rings is 1. The maximum absolute atomic E-state index is 13.0. The van der Waals surface area contributed by atoms with E-state index in [1.54, 1.807) is 12.1 Å². The number of nitrogens with zero attached hydrogens (tertiary/aromatic N) is 4. The van der Waals surface area contributed by atoms with Gasteiger partial charge in [-0.1, -0.05) is 0 Å². The van der Waals surface area contributed by atoms with Crippen molar-refractivity contribution in [2.24, 2.45) is 0 Å². The maximum Gasteiger partial charge on any atom is 0.244 e. The summed E-state index contributed by atoms with van der Waals surface area (Å²) in [6, 6.07) is 10.2. The molecule has 132 valence electrons. The highest BCUT2D eigenvalue weighted by Crippen LogP contribution is 2.28. The summed E-state index contributed by atoms with van der Waals surface area (Å²) in [4.78, 5) is 19.9. The van der Waals surface area contributed by atoms with Gasteiger partial charge in [0.25, 0.3) is 0 Å². The molecule has 0 saturated carbocycles. The van der Waals surface area contributed by atoms with Crippen molar-refractivity contribution in [3.8, 4) is 6.07 Å². The first-order valence-electron chi connectivity index (χ1n) is 9.56. The summed E-state index contributed by atoms with van der Waals surface area (Å²) in [7, 11) is 0. The molecule has 3 fully saturated rings. The van der Waals surface area contributed by atoms with Gasteiger partial charge in [0.15, 0.2) is 0 Å². The number of amides is 1.